The summed E-state index contributed by atoms with van der Waals surface area (Å²) in [6.45, 7) is 3.03. The maximum atomic E-state index is 13.2. The van der Waals surface area contributed by atoms with Crippen LogP contribution in [0.15, 0.2) is 54.9 Å². The highest BCUT2D eigenvalue weighted by Gasteiger charge is 2.38. The molecular weight excluding hydrogens is 439 g/mol. The van der Waals surface area contributed by atoms with E-state index in [1.807, 2.05) is 35.2 Å². The van der Waals surface area contributed by atoms with E-state index in [0.717, 1.165) is 36.0 Å². The molecule has 33 heavy (non-hydrogen) atoms. The first-order valence-electron chi connectivity index (χ1n) is 10.3. The van der Waals surface area contributed by atoms with E-state index in [0.29, 0.717) is 19.1 Å². The average Bonchev–Trinajstić information content (AvgIpc) is 3.14. The van der Waals surface area contributed by atoms with Crippen LogP contribution in [0, 0.1) is 5.92 Å². The van der Waals surface area contributed by atoms with Crippen molar-refractivity contribution in [3.05, 3.63) is 66.1 Å². The van der Waals surface area contributed by atoms with Gasteiger partial charge in [0.15, 0.2) is 0 Å². The van der Waals surface area contributed by atoms with Crippen LogP contribution in [-0.2, 0) is 22.6 Å². The average molecular weight is 463 g/mol. The highest BCUT2D eigenvalue weighted by Crippen LogP contribution is 2.22. The first kappa shape index (κ1) is 24.2. The molecule has 7 nitrogen and oxygen atoms in total. The van der Waals surface area contributed by atoms with Gasteiger partial charge in [-0.3, -0.25) is 9.78 Å². The number of methoxy groups -OCH3 is 1. The zero-order valence-corrected chi connectivity index (χ0v) is 18.0. The van der Waals surface area contributed by atoms with Crippen molar-refractivity contribution in [3.8, 4) is 0 Å². The molecule has 0 saturated carbocycles. The fraction of sp³-hybridized carbons (Fsp3) is 0.348. The van der Waals surface area contributed by atoms with Gasteiger partial charge in [-0.25, -0.2) is 4.79 Å². The molecule has 0 spiro atoms. The molecule has 0 bridgehead atoms. The highest BCUT2D eigenvalue weighted by atomic mass is 19.4. The molecule has 1 unspecified atom stereocenters. The number of hydrogen-bond acceptors (Lipinski definition) is 4. The first-order chi connectivity index (χ1) is 15.7. The van der Waals surface area contributed by atoms with Crippen LogP contribution in [0.5, 0.6) is 0 Å². The molecule has 10 heteroatoms. The highest BCUT2D eigenvalue weighted by molar-refractivity contribution is 5.97. The summed E-state index contributed by atoms with van der Waals surface area (Å²) in [6.07, 6.45) is -0.266. The van der Waals surface area contributed by atoms with Crippen LogP contribution in [0.3, 0.4) is 0 Å². The second-order valence-electron chi connectivity index (χ2n) is 7.70. The van der Waals surface area contributed by atoms with Crippen molar-refractivity contribution in [2.24, 2.45) is 5.92 Å². The van der Waals surface area contributed by atoms with Gasteiger partial charge in [-0.1, -0.05) is 6.07 Å². The number of halogens is 3. The van der Waals surface area contributed by atoms with Crippen LogP contribution in [0.2, 0.25) is 0 Å². The van der Waals surface area contributed by atoms with Gasteiger partial charge >= 0.3 is 12.1 Å². The van der Waals surface area contributed by atoms with Crippen molar-refractivity contribution in [1.82, 2.24) is 14.5 Å². The Labute approximate surface area is 188 Å². The smallest absolute Gasteiger partial charge is 0.475 e. The molecule has 176 valence electrons. The van der Waals surface area contributed by atoms with Crippen LogP contribution < -0.4 is 0 Å². The van der Waals surface area contributed by atoms with Crippen LogP contribution in [-0.4, -0.2) is 57.9 Å². The number of benzene rings is 1. The van der Waals surface area contributed by atoms with Crippen LogP contribution in [0.25, 0.3) is 10.9 Å². The van der Waals surface area contributed by atoms with E-state index in [-0.39, 0.29) is 5.91 Å². The Bertz CT molecular complexity index is 1110. The molecule has 0 fully saturated rings. The van der Waals surface area contributed by atoms with Gasteiger partial charge in [0.1, 0.15) is 0 Å². The Morgan fingerprint density at radius 1 is 1.18 bits per heavy atom. The third-order valence-corrected chi connectivity index (χ3v) is 5.32. The molecule has 0 saturated heterocycles. The topological polar surface area (TPSA) is 84.7 Å². The van der Waals surface area contributed by atoms with Crippen molar-refractivity contribution in [1.29, 1.82) is 0 Å². The minimum absolute atomic E-state index is 0.0767. The lowest BCUT2D eigenvalue weighted by atomic mass is 10.0. The fourth-order valence-electron chi connectivity index (χ4n) is 3.69. The number of hydrogen-bond donors (Lipinski definition) is 1. The standard InChI is InChI=1S/C21H23N3O2.C2HF3O2/c1-26-11-8-16-13-23-10-3-5-19(23)15-24(14-16)21(25)18-6-7-20-17(12-18)4-2-9-22-20;3-2(4,5)1(6)7/h2-7,9-10,12,16H,8,11,13-15H2,1H3;(H,6,7). The maximum Gasteiger partial charge on any atom is 0.490 e. The summed E-state index contributed by atoms with van der Waals surface area (Å²) in [5.41, 5.74) is 2.81. The first-order valence-corrected chi connectivity index (χ1v) is 10.3. The van der Waals surface area contributed by atoms with E-state index in [9.17, 15) is 18.0 Å². The van der Waals surface area contributed by atoms with Gasteiger partial charge in [-0.2, -0.15) is 13.2 Å². The number of carboxylic acids is 1. The van der Waals surface area contributed by atoms with Crippen molar-refractivity contribution < 1.29 is 32.6 Å². The molecule has 1 aliphatic heterocycles. The van der Waals surface area contributed by atoms with Gasteiger partial charge in [0, 0.05) is 55.8 Å². The minimum atomic E-state index is -5.08. The normalized spacial score (nSPS) is 15.9. The number of amides is 1. The van der Waals surface area contributed by atoms with Crippen molar-refractivity contribution in [2.45, 2.75) is 25.7 Å². The zero-order chi connectivity index (χ0) is 24.0. The Hall–Kier alpha value is -3.40. The zero-order valence-electron chi connectivity index (χ0n) is 18.0. The number of carbonyl (C=O) groups excluding carboxylic acids is 1. The van der Waals surface area contributed by atoms with Crippen molar-refractivity contribution in [3.63, 3.8) is 0 Å². The number of pyridine rings is 1. The van der Waals surface area contributed by atoms with Gasteiger partial charge in [-0.15, -0.1) is 0 Å². The molecule has 0 aliphatic carbocycles. The molecule has 3 heterocycles. The second-order valence-corrected chi connectivity index (χ2v) is 7.70. The molecule has 0 radical (unpaired) electrons. The SMILES string of the molecule is COCCC1CN(C(=O)c2ccc3ncccc3c2)Cc2cccn2C1.O=C(O)C(F)(F)F. The maximum absolute atomic E-state index is 13.2. The number of alkyl halides is 3. The lowest BCUT2D eigenvalue weighted by molar-refractivity contribution is -0.192. The summed E-state index contributed by atoms with van der Waals surface area (Å²) < 4.78 is 39.3. The third kappa shape index (κ3) is 6.32. The number of carbonyl (C=O) groups is 2. The molecule has 1 atom stereocenters. The summed E-state index contributed by atoms with van der Waals surface area (Å²) in [6, 6.07) is 13.8. The number of fused-ring (bicyclic) bond motifs is 2. The Balaban J connectivity index is 0.000000383. The number of aliphatic carboxylic acids is 1. The van der Waals surface area contributed by atoms with Crippen molar-refractivity contribution in [2.75, 3.05) is 20.3 Å². The third-order valence-electron chi connectivity index (χ3n) is 5.32. The number of aromatic nitrogens is 2. The fourth-order valence-corrected chi connectivity index (χ4v) is 3.69. The quantitative estimate of drug-likeness (QED) is 0.633. The van der Waals surface area contributed by atoms with Gasteiger partial charge in [0.2, 0.25) is 0 Å². The van der Waals surface area contributed by atoms with Crippen LogP contribution in [0.1, 0.15) is 22.5 Å². The Morgan fingerprint density at radius 3 is 2.64 bits per heavy atom. The van der Waals surface area contributed by atoms with E-state index >= 15 is 0 Å². The van der Waals surface area contributed by atoms with Gasteiger partial charge < -0.3 is 19.3 Å². The monoisotopic (exact) mass is 463 g/mol. The molecule has 1 N–H and O–H groups in total. The lowest BCUT2D eigenvalue weighted by Gasteiger charge is -2.24. The van der Waals surface area contributed by atoms with E-state index in [4.69, 9.17) is 14.6 Å². The molecule has 1 aliphatic rings. The summed E-state index contributed by atoms with van der Waals surface area (Å²) in [7, 11) is 1.73. The predicted octanol–water partition coefficient (Wildman–Crippen LogP) is 3.98. The molecule has 2 aromatic heterocycles. The second kappa shape index (κ2) is 10.5. The Kier molecular flexibility index (Phi) is 7.70. The van der Waals surface area contributed by atoms with Crippen LogP contribution in [0.4, 0.5) is 13.2 Å². The minimum Gasteiger partial charge on any atom is -0.475 e. The molecular formula is C23H24F3N3O4. The van der Waals surface area contributed by atoms with Gasteiger partial charge in [0.05, 0.1) is 12.1 Å². The van der Waals surface area contributed by atoms with Crippen LogP contribution >= 0.6 is 0 Å². The van der Waals surface area contributed by atoms with E-state index in [1.54, 1.807) is 13.3 Å². The van der Waals surface area contributed by atoms with Gasteiger partial charge in [-0.05, 0) is 48.7 Å². The summed E-state index contributed by atoms with van der Waals surface area (Å²) in [5.74, 6) is -2.30. The predicted molar refractivity (Wildman–Crippen MR) is 115 cm³/mol. The Morgan fingerprint density at radius 2 is 1.94 bits per heavy atom. The number of rotatable bonds is 4. The summed E-state index contributed by atoms with van der Waals surface area (Å²) in [4.78, 5) is 28.4. The van der Waals surface area contributed by atoms with E-state index in [1.165, 1.54) is 5.69 Å². The molecule has 1 aromatic carbocycles. The summed E-state index contributed by atoms with van der Waals surface area (Å²) >= 11 is 0. The van der Waals surface area contributed by atoms with Crippen molar-refractivity contribution >= 4 is 22.8 Å². The number of ether oxygens (including phenoxy) is 1. The van der Waals surface area contributed by atoms with Gasteiger partial charge in [0.25, 0.3) is 5.91 Å². The summed E-state index contributed by atoms with van der Waals surface area (Å²) in [5, 5.41) is 8.12. The largest absolute Gasteiger partial charge is 0.490 e. The lowest BCUT2D eigenvalue weighted by Crippen LogP contribution is -2.34. The number of nitrogens with zero attached hydrogens (tertiary/aromatic N) is 3. The number of carboxylic acid groups (broad SMARTS) is 1. The molecule has 4 rings (SSSR count). The van der Waals surface area contributed by atoms with E-state index < -0.39 is 12.1 Å². The van der Waals surface area contributed by atoms with E-state index in [2.05, 4.69) is 27.9 Å². The molecule has 3 aromatic rings. The molecule has 1 amide bonds.